The molecule has 3 rings (SSSR count). The summed E-state index contributed by atoms with van der Waals surface area (Å²) < 4.78 is 17.3. The first-order valence-corrected chi connectivity index (χ1v) is 9.53. The fraction of sp³-hybridized carbons (Fsp3) is 0.364. The Morgan fingerprint density at radius 1 is 1.14 bits per heavy atom. The van der Waals surface area contributed by atoms with Crippen molar-refractivity contribution in [2.75, 3.05) is 6.61 Å². The van der Waals surface area contributed by atoms with Crippen molar-refractivity contribution < 1.29 is 23.8 Å². The molecule has 1 aliphatic heterocycles. The van der Waals surface area contributed by atoms with E-state index in [2.05, 4.69) is 11.1 Å². The zero-order valence-corrected chi connectivity index (χ0v) is 16.2. The van der Waals surface area contributed by atoms with Crippen LogP contribution < -0.4 is 0 Å². The largest absolute Gasteiger partial charge is 0.511 e. The van der Waals surface area contributed by atoms with Gasteiger partial charge in [0.05, 0.1) is 12.5 Å². The Balaban J connectivity index is 1.71. The summed E-state index contributed by atoms with van der Waals surface area (Å²) in [6.07, 6.45) is -0.790. The predicted molar refractivity (Wildman–Crippen MR) is 105 cm³/mol. The molecule has 0 bridgehead atoms. The first kappa shape index (κ1) is 19.7. The van der Waals surface area contributed by atoms with E-state index >= 15 is 0 Å². The fourth-order valence-electron chi connectivity index (χ4n) is 3.39. The number of esters is 1. The van der Waals surface area contributed by atoms with Crippen LogP contribution in [0, 0.1) is 0 Å². The van der Waals surface area contributed by atoms with Gasteiger partial charge in [0.15, 0.2) is 0 Å². The zero-order valence-electron chi connectivity index (χ0n) is 16.2. The van der Waals surface area contributed by atoms with Crippen molar-refractivity contribution in [1.82, 2.24) is 4.57 Å². The van der Waals surface area contributed by atoms with Crippen LogP contribution in [0.1, 0.15) is 49.6 Å². The molecule has 28 heavy (non-hydrogen) atoms. The Bertz CT molecular complexity index is 855. The normalized spacial score (nSPS) is 16.1. The van der Waals surface area contributed by atoms with E-state index in [4.69, 9.17) is 14.2 Å². The third kappa shape index (κ3) is 4.11. The highest BCUT2D eigenvalue weighted by atomic mass is 16.8. The molecule has 6 heteroatoms. The molecule has 0 fully saturated rings. The summed E-state index contributed by atoms with van der Waals surface area (Å²) in [5.74, 6) is -0.790. The van der Waals surface area contributed by atoms with Crippen molar-refractivity contribution in [1.29, 1.82) is 0 Å². The number of fused-ring (bicyclic) bond motifs is 1. The number of nitrogens with zero attached hydrogens (tertiary/aromatic N) is 1. The Morgan fingerprint density at radius 2 is 1.89 bits per heavy atom. The topological polar surface area (TPSA) is 66.8 Å². The number of hydrogen-bond acceptors (Lipinski definition) is 5. The molecular formula is C22H25NO5. The molecule has 2 atom stereocenters. The van der Waals surface area contributed by atoms with Crippen molar-refractivity contribution >= 4 is 17.7 Å². The van der Waals surface area contributed by atoms with Gasteiger partial charge in [-0.25, -0.2) is 4.79 Å². The minimum Gasteiger partial charge on any atom is -0.435 e. The molecule has 0 aliphatic carbocycles. The van der Waals surface area contributed by atoms with E-state index in [1.807, 2.05) is 42.5 Å². The molecule has 2 heterocycles. The smallest absolute Gasteiger partial charge is 0.435 e. The molecule has 2 aromatic rings. The summed E-state index contributed by atoms with van der Waals surface area (Å²) in [4.78, 5) is 24.2. The maximum Gasteiger partial charge on any atom is 0.511 e. The predicted octanol–water partition coefficient (Wildman–Crippen LogP) is 4.49. The van der Waals surface area contributed by atoms with Crippen LogP contribution in [0.25, 0.3) is 5.57 Å². The minimum absolute atomic E-state index is 0.202. The molecule has 1 aromatic heterocycles. The third-order valence-electron chi connectivity index (χ3n) is 4.80. The lowest BCUT2D eigenvalue weighted by atomic mass is 10.0. The standard InChI is InChI=1S/C22H25NO5/c1-4-20(28-22(25)26-5-2)27-21(24)17-13-14-23-18(11-12-19(17)23)15(3)16-9-7-6-8-10-16/h6-12,17,20H,3-5,13-14H2,1-2H3. The van der Waals surface area contributed by atoms with E-state index in [-0.39, 0.29) is 6.61 Å². The highest BCUT2D eigenvalue weighted by Gasteiger charge is 2.34. The van der Waals surface area contributed by atoms with Crippen LogP contribution in [0.4, 0.5) is 4.79 Å². The Labute approximate surface area is 164 Å². The van der Waals surface area contributed by atoms with Crippen LogP contribution in [0.2, 0.25) is 0 Å². The number of carbonyl (C=O) groups excluding carboxylic acids is 2. The average molecular weight is 383 g/mol. The van der Waals surface area contributed by atoms with Crippen molar-refractivity contribution in [3.63, 3.8) is 0 Å². The molecule has 0 amide bonds. The van der Waals surface area contributed by atoms with Gasteiger partial charge in [-0.2, -0.15) is 0 Å². The Hall–Kier alpha value is -3.02. The second-order valence-corrected chi connectivity index (χ2v) is 6.56. The number of hydrogen-bond donors (Lipinski definition) is 0. The summed E-state index contributed by atoms with van der Waals surface area (Å²) in [6, 6.07) is 13.9. The molecule has 6 nitrogen and oxygen atoms in total. The lowest BCUT2D eigenvalue weighted by Gasteiger charge is -2.18. The number of ether oxygens (including phenoxy) is 3. The van der Waals surface area contributed by atoms with Crippen LogP contribution in [0.5, 0.6) is 0 Å². The van der Waals surface area contributed by atoms with Gasteiger partial charge in [-0.15, -0.1) is 0 Å². The molecular weight excluding hydrogens is 358 g/mol. The molecule has 0 N–H and O–H groups in total. The van der Waals surface area contributed by atoms with Crippen LogP contribution in [-0.2, 0) is 25.5 Å². The van der Waals surface area contributed by atoms with Crippen LogP contribution in [-0.4, -0.2) is 29.6 Å². The average Bonchev–Trinajstić information content (AvgIpc) is 3.29. The minimum atomic E-state index is -0.950. The first-order valence-electron chi connectivity index (χ1n) is 9.53. The third-order valence-corrected chi connectivity index (χ3v) is 4.80. The maximum absolute atomic E-state index is 12.7. The second kappa shape index (κ2) is 8.78. The van der Waals surface area contributed by atoms with Gasteiger partial charge in [0.25, 0.3) is 6.29 Å². The first-order chi connectivity index (χ1) is 13.5. The molecule has 1 aliphatic rings. The van der Waals surface area contributed by atoms with E-state index in [0.29, 0.717) is 19.4 Å². The van der Waals surface area contributed by atoms with Gasteiger partial charge in [0.2, 0.25) is 0 Å². The Morgan fingerprint density at radius 3 is 2.57 bits per heavy atom. The van der Waals surface area contributed by atoms with E-state index < -0.39 is 24.3 Å². The SMILES string of the molecule is C=C(c1ccccc1)c1ccc2n1CCC2C(=O)OC(CC)OC(=O)OCC. The molecule has 0 saturated carbocycles. The number of aromatic nitrogens is 1. The quantitative estimate of drug-likeness (QED) is 0.521. The van der Waals surface area contributed by atoms with E-state index in [1.165, 1.54) is 0 Å². The molecule has 0 spiro atoms. The van der Waals surface area contributed by atoms with Gasteiger partial charge in [0, 0.05) is 24.4 Å². The van der Waals surface area contributed by atoms with Gasteiger partial charge in [-0.3, -0.25) is 4.79 Å². The highest BCUT2D eigenvalue weighted by molar-refractivity contribution is 5.81. The summed E-state index contributed by atoms with van der Waals surface area (Å²) >= 11 is 0. The van der Waals surface area contributed by atoms with E-state index in [0.717, 1.165) is 22.5 Å². The molecule has 0 saturated heterocycles. The number of benzene rings is 1. The van der Waals surface area contributed by atoms with E-state index in [9.17, 15) is 9.59 Å². The van der Waals surface area contributed by atoms with Crippen LogP contribution in [0.3, 0.4) is 0 Å². The summed E-state index contributed by atoms with van der Waals surface area (Å²) in [5.41, 5.74) is 3.84. The summed E-state index contributed by atoms with van der Waals surface area (Å²) in [6.45, 7) is 8.58. The lowest BCUT2D eigenvalue weighted by Crippen LogP contribution is -2.27. The van der Waals surface area contributed by atoms with Gasteiger partial charge in [0.1, 0.15) is 0 Å². The fourth-order valence-corrected chi connectivity index (χ4v) is 3.39. The lowest BCUT2D eigenvalue weighted by molar-refractivity contribution is -0.173. The van der Waals surface area contributed by atoms with Crippen molar-refractivity contribution in [3.05, 3.63) is 66.0 Å². The number of rotatable bonds is 7. The van der Waals surface area contributed by atoms with Gasteiger partial charge < -0.3 is 18.8 Å². The second-order valence-electron chi connectivity index (χ2n) is 6.56. The van der Waals surface area contributed by atoms with Crippen molar-refractivity contribution in [3.8, 4) is 0 Å². The van der Waals surface area contributed by atoms with Crippen LogP contribution >= 0.6 is 0 Å². The van der Waals surface area contributed by atoms with Gasteiger partial charge >= 0.3 is 12.1 Å². The highest BCUT2D eigenvalue weighted by Crippen LogP contribution is 2.35. The molecule has 0 radical (unpaired) electrons. The maximum atomic E-state index is 12.7. The van der Waals surface area contributed by atoms with Crippen molar-refractivity contribution in [2.45, 2.75) is 45.4 Å². The molecule has 1 aromatic carbocycles. The zero-order chi connectivity index (χ0) is 20.1. The van der Waals surface area contributed by atoms with E-state index in [1.54, 1.807) is 13.8 Å². The summed E-state index contributed by atoms with van der Waals surface area (Å²) in [5, 5.41) is 0. The van der Waals surface area contributed by atoms with Gasteiger partial charge in [-0.05, 0) is 36.6 Å². The molecule has 2 unspecified atom stereocenters. The van der Waals surface area contributed by atoms with Gasteiger partial charge in [-0.1, -0.05) is 43.8 Å². The number of carbonyl (C=O) groups is 2. The Kier molecular flexibility index (Phi) is 6.19. The van der Waals surface area contributed by atoms with Crippen molar-refractivity contribution in [2.24, 2.45) is 0 Å². The summed E-state index contributed by atoms with van der Waals surface area (Å²) in [7, 11) is 0. The monoisotopic (exact) mass is 383 g/mol. The van der Waals surface area contributed by atoms with Crippen LogP contribution in [0.15, 0.2) is 49.0 Å². The molecule has 148 valence electrons.